The van der Waals surface area contributed by atoms with Crippen LogP contribution in [0.2, 0.25) is 10.0 Å². The summed E-state index contributed by atoms with van der Waals surface area (Å²) in [6, 6.07) is 11.0. The molecule has 0 aliphatic heterocycles. The Bertz CT molecular complexity index is 833. The van der Waals surface area contributed by atoms with Crippen molar-refractivity contribution in [2.75, 3.05) is 6.61 Å². The molecule has 1 atom stereocenters. The summed E-state index contributed by atoms with van der Waals surface area (Å²) < 4.78 is 5.12. The molecule has 0 spiro atoms. The first-order valence-corrected chi connectivity index (χ1v) is 8.04. The molecule has 2 aromatic carbocycles. The number of fused-ring (bicyclic) bond motifs is 1. The number of carboxylic acids is 1. The van der Waals surface area contributed by atoms with E-state index in [0.29, 0.717) is 17.5 Å². The molecule has 0 aromatic heterocycles. The van der Waals surface area contributed by atoms with Crippen molar-refractivity contribution in [3.63, 3.8) is 0 Å². The Balaban J connectivity index is 2.05. The number of ketones is 1. The minimum absolute atomic E-state index is 0.0299. The van der Waals surface area contributed by atoms with Crippen LogP contribution in [0, 0.1) is 0 Å². The highest BCUT2D eigenvalue weighted by Gasteiger charge is 2.45. The first-order chi connectivity index (χ1) is 11.3. The zero-order valence-corrected chi connectivity index (χ0v) is 14.3. The molecule has 1 aliphatic carbocycles. The van der Waals surface area contributed by atoms with E-state index in [9.17, 15) is 14.7 Å². The Morgan fingerprint density at radius 1 is 1.25 bits per heavy atom. The van der Waals surface area contributed by atoms with E-state index in [1.165, 1.54) is 0 Å². The van der Waals surface area contributed by atoms with E-state index in [2.05, 4.69) is 0 Å². The van der Waals surface area contributed by atoms with Crippen LogP contribution < -0.4 is 9.84 Å². The van der Waals surface area contributed by atoms with Gasteiger partial charge in [0.25, 0.3) is 0 Å². The van der Waals surface area contributed by atoms with Crippen LogP contribution in [-0.4, -0.2) is 18.4 Å². The molecule has 4 nitrogen and oxygen atoms in total. The maximum Gasteiger partial charge on any atom is 0.175 e. The van der Waals surface area contributed by atoms with Gasteiger partial charge in [0.2, 0.25) is 0 Å². The van der Waals surface area contributed by atoms with Gasteiger partial charge < -0.3 is 14.6 Å². The number of halogens is 2. The summed E-state index contributed by atoms with van der Waals surface area (Å²) in [4.78, 5) is 23.6. The standard InChI is InChI=1S/C18H14Cl2O4/c1-18(11-5-3-2-4-6-11)8-10-7-12(24-9-13(21)22)15(19)16(20)14(10)17(18)23/h2-7H,8-9H2,1H3,(H,21,22)/p-1. The third-order valence-electron chi connectivity index (χ3n) is 4.28. The lowest BCUT2D eigenvalue weighted by Gasteiger charge is -2.22. The lowest BCUT2D eigenvalue weighted by Crippen LogP contribution is -2.29. The second-order valence-corrected chi connectivity index (χ2v) is 6.66. The normalized spacial score (nSPS) is 19.2. The van der Waals surface area contributed by atoms with Crippen molar-refractivity contribution < 1.29 is 19.4 Å². The second kappa shape index (κ2) is 6.11. The molecule has 1 unspecified atom stereocenters. The van der Waals surface area contributed by atoms with Gasteiger partial charge in [-0.15, -0.1) is 0 Å². The van der Waals surface area contributed by atoms with E-state index < -0.39 is 18.0 Å². The van der Waals surface area contributed by atoms with Crippen LogP contribution in [0.1, 0.15) is 28.4 Å². The highest BCUT2D eigenvalue weighted by Crippen LogP contribution is 2.47. The number of hydrogen-bond acceptors (Lipinski definition) is 4. The van der Waals surface area contributed by atoms with Crippen molar-refractivity contribution in [2.45, 2.75) is 18.8 Å². The third-order valence-corrected chi connectivity index (χ3v) is 5.13. The Labute approximate surface area is 149 Å². The Kier molecular flexibility index (Phi) is 4.28. The van der Waals surface area contributed by atoms with Crippen molar-refractivity contribution in [3.8, 4) is 5.75 Å². The van der Waals surface area contributed by atoms with Crippen molar-refractivity contribution in [1.82, 2.24) is 0 Å². The lowest BCUT2D eigenvalue weighted by atomic mass is 9.79. The molecule has 0 radical (unpaired) electrons. The number of Topliss-reactive ketones (excluding diaryl/α,β-unsaturated/α-hetero) is 1. The van der Waals surface area contributed by atoms with Crippen LogP contribution in [0.5, 0.6) is 5.75 Å². The van der Waals surface area contributed by atoms with Crippen LogP contribution in [0.15, 0.2) is 36.4 Å². The van der Waals surface area contributed by atoms with Gasteiger partial charge in [0, 0.05) is 5.56 Å². The molecule has 3 rings (SSSR count). The van der Waals surface area contributed by atoms with Gasteiger partial charge in [-0.2, -0.15) is 0 Å². The monoisotopic (exact) mass is 363 g/mol. The summed E-state index contributed by atoms with van der Waals surface area (Å²) in [5, 5.41) is 10.7. The number of ether oxygens (including phenoxy) is 1. The molecular weight excluding hydrogens is 351 g/mol. The van der Waals surface area contributed by atoms with Gasteiger partial charge in [0.05, 0.1) is 16.4 Å². The fourth-order valence-electron chi connectivity index (χ4n) is 3.06. The highest BCUT2D eigenvalue weighted by atomic mass is 35.5. The van der Waals surface area contributed by atoms with Crippen LogP contribution >= 0.6 is 23.2 Å². The topological polar surface area (TPSA) is 66.4 Å². The molecule has 0 amide bonds. The molecule has 0 bridgehead atoms. The van der Waals surface area contributed by atoms with Gasteiger partial charge in [-0.1, -0.05) is 53.5 Å². The quantitative estimate of drug-likeness (QED) is 0.837. The average Bonchev–Trinajstić information content (AvgIpc) is 2.82. The fourth-order valence-corrected chi connectivity index (χ4v) is 3.56. The number of hydrogen-bond donors (Lipinski definition) is 0. The van der Waals surface area contributed by atoms with Crippen LogP contribution in [-0.2, 0) is 16.6 Å². The summed E-state index contributed by atoms with van der Waals surface area (Å²) in [5.74, 6) is -1.34. The van der Waals surface area contributed by atoms with Gasteiger partial charge in [-0.05, 0) is 30.5 Å². The van der Waals surface area contributed by atoms with Gasteiger partial charge in [0.1, 0.15) is 17.4 Å². The third kappa shape index (κ3) is 2.66. The van der Waals surface area contributed by atoms with Gasteiger partial charge in [-0.25, -0.2) is 0 Å². The number of carbonyl (C=O) groups excluding carboxylic acids is 2. The number of benzene rings is 2. The predicted molar refractivity (Wildman–Crippen MR) is 88.8 cm³/mol. The van der Waals surface area contributed by atoms with E-state index in [0.717, 1.165) is 5.56 Å². The van der Waals surface area contributed by atoms with Crippen molar-refractivity contribution >= 4 is 35.0 Å². The first kappa shape index (κ1) is 16.8. The predicted octanol–water partition coefficient (Wildman–Crippen LogP) is 2.82. The summed E-state index contributed by atoms with van der Waals surface area (Å²) in [6.45, 7) is 1.22. The Morgan fingerprint density at radius 2 is 1.92 bits per heavy atom. The van der Waals surface area contributed by atoms with E-state index in [1.807, 2.05) is 37.3 Å². The fraction of sp³-hybridized carbons (Fsp3) is 0.222. The average molecular weight is 364 g/mol. The lowest BCUT2D eigenvalue weighted by molar-refractivity contribution is -0.307. The summed E-state index contributed by atoms with van der Waals surface area (Å²) in [6.07, 6.45) is 0.434. The minimum atomic E-state index is -1.37. The van der Waals surface area contributed by atoms with E-state index >= 15 is 0 Å². The molecule has 0 fully saturated rings. The molecule has 24 heavy (non-hydrogen) atoms. The molecule has 2 aromatic rings. The number of rotatable bonds is 4. The maximum atomic E-state index is 13.0. The first-order valence-electron chi connectivity index (χ1n) is 7.28. The van der Waals surface area contributed by atoms with Crippen LogP contribution in [0.4, 0.5) is 0 Å². The van der Waals surface area contributed by atoms with E-state index in [-0.39, 0.29) is 21.6 Å². The van der Waals surface area contributed by atoms with E-state index in [1.54, 1.807) is 6.07 Å². The van der Waals surface area contributed by atoms with Crippen LogP contribution in [0.25, 0.3) is 0 Å². The largest absolute Gasteiger partial charge is 0.546 e. The zero-order chi connectivity index (χ0) is 17.5. The number of carbonyl (C=O) groups is 2. The number of carboxylic acid groups (broad SMARTS) is 1. The van der Waals surface area contributed by atoms with Crippen molar-refractivity contribution in [3.05, 3.63) is 63.1 Å². The molecule has 0 heterocycles. The van der Waals surface area contributed by atoms with Gasteiger partial charge in [0.15, 0.2) is 5.78 Å². The Hall–Kier alpha value is -2.04. The summed E-state index contributed by atoms with van der Waals surface area (Å²) in [7, 11) is 0. The molecular formula is C18H13Cl2O4-. The molecule has 124 valence electrons. The Morgan fingerprint density at radius 3 is 2.54 bits per heavy atom. The van der Waals surface area contributed by atoms with Crippen molar-refractivity contribution in [1.29, 1.82) is 0 Å². The second-order valence-electron chi connectivity index (χ2n) is 5.90. The smallest absolute Gasteiger partial charge is 0.175 e. The van der Waals surface area contributed by atoms with E-state index in [4.69, 9.17) is 27.9 Å². The summed E-state index contributed by atoms with van der Waals surface area (Å²) >= 11 is 12.4. The molecule has 1 aliphatic rings. The molecule has 0 saturated heterocycles. The van der Waals surface area contributed by atoms with Gasteiger partial charge in [-0.3, -0.25) is 4.79 Å². The van der Waals surface area contributed by atoms with Crippen LogP contribution in [0.3, 0.4) is 0 Å². The summed E-state index contributed by atoms with van der Waals surface area (Å²) in [5.41, 5.74) is 1.20. The number of aliphatic carboxylic acids is 1. The highest BCUT2D eigenvalue weighted by molar-refractivity contribution is 6.45. The SMILES string of the molecule is CC1(c2ccccc2)Cc2cc(OCC(=O)[O-])c(Cl)c(Cl)c2C1=O. The molecule has 6 heteroatoms. The zero-order valence-electron chi connectivity index (χ0n) is 12.8. The van der Waals surface area contributed by atoms with Gasteiger partial charge >= 0.3 is 0 Å². The molecule has 0 N–H and O–H groups in total. The minimum Gasteiger partial charge on any atom is -0.546 e. The maximum absolute atomic E-state index is 13.0. The van der Waals surface area contributed by atoms with Crippen molar-refractivity contribution in [2.24, 2.45) is 0 Å². The molecule has 0 saturated carbocycles.